The molecule has 0 atom stereocenters. The van der Waals surface area contributed by atoms with Crippen LogP contribution in [0.4, 0.5) is 5.69 Å². The van der Waals surface area contributed by atoms with Crippen LogP contribution in [0.3, 0.4) is 0 Å². The fraction of sp³-hybridized carbons (Fsp3) is 0.409. The smallest absolute Gasteiger partial charge is 0.261 e. The zero-order valence-corrected chi connectivity index (χ0v) is 19.7. The number of carbonyl (C=O) groups excluding carboxylic acids is 1. The van der Waals surface area contributed by atoms with Crippen molar-refractivity contribution in [3.8, 4) is 0 Å². The first kappa shape index (κ1) is 24.2. The summed E-state index contributed by atoms with van der Waals surface area (Å²) in [7, 11) is -3.86. The van der Waals surface area contributed by atoms with Crippen molar-refractivity contribution in [3.05, 3.63) is 58.1 Å². The summed E-state index contributed by atoms with van der Waals surface area (Å²) in [6.45, 7) is 12.2. The minimum Gasteiger partial charge on any atom is -0.351 e. The summed E-state index contributed by atoms with van der Waals surface area (Å²) in [5.41, 5.74) is 2.65. The van der Waals surface area contributed by atoms with E-state index >= 15 is 0 Å². The Labute approximate surface area is 184 Å². The van der Waals surface area contributed by atoms with E-state index in [1.165, 1.54) is 18.2 Å². The van der Waals surface area contributed by atoms with Crippen LogP contribution in [0.15, 0.2) is 41.3 Å². The quantitative estimate of drug-likeness (QED) is 0.598. The van der Waals surface area contributed by atoms with Gasteiger partial charge in [-0.1, -0.05) is 24.6 Å². The molecule has 2 rings (SSSR count). The molecule has 164 valence electrons. The summed E-state index contributed by atoms with van der Waals surface area (Å²) in [6, 6.07) is 9.83. The Morgan fingerprint density at radius 3 is 2.40 bits per heavy atom. The van der Waals surface area contributed by atoms with E-state index in [-0.39, 0.29) is 15.5 Å². The number of anilines is 1. The first-order valence-corrected chi connectivity index (χ1v) is 11.8. The first-order chi connectivity index (χ1) is 14.0. The van der Waals surface area contributed by atoms with E-state index < -0.39 is 15.9 Å². The fourth-order valence-electron chi connectivity index (χ4n) is 3.05. The summed E-state index contributed by atoms with van der Waals surface area (Å²) in [5, 5.41) is 3.02. The third-order valence-corrected chi connectivity index (χ3v) is 6.78. The van der Waals surface area contributed by atoms with Crippen LogP contribution < -0.4 is 10.0 Å². The van der Waals surface area contributed by atoms with Gasteiger partial charge in [-0.2, -0.15) is 0 Å². The van der Waals surface area contributed by atoms with Crippen LogP contribution in [0.5, 0.6) is 0 Å². The molecule has 0 heterocycles. The van der Waals surface area contributed by atoms with Crippen LogP contribution >= 0.6 is 11.6 Å². The highest BCUT2D eigenvalue weighted by molar-refractivity contribution is 7.92. The van der Waals surface area contributed by atoms with Gasteiger partial charge in [0, 0.05) is 24.8 Å². The zero-order valence-electron chi connectivity index (χ0n) is 18.1. The Balaban J connectivity index is 2.16. The molecule has 30 heavy (non-hydrogen) atoms. The number of nitrogens with one attached hydrogen (secondary N) is 2. The predicted molar refractivity (Wildman–Crippen MR) is 123 cm³/mol. The van der Waals surface area contributed by atoms with Crippen LogP contribution in [0, 0.1) is 13.8 Å². The molecule has 2 aromatic rings. The van der Waals surface area contributed by atoms with Gasteiger partial charge < -0.3 is 5.32 Å². The van der Waals surface area contributed by atoms with Gasteiger partial charge in [0.15, 0.2) is 0 Å². The van der Waals surface area contributed by atoms with Crippen LogP contribution in [0.2, 0.25) is 5.02 Å². The lowest BCUT2D eigenvalue weighted by atomic mass is 10.1. The van der Waals surface area contributed by atoms with Gasteiger partial charge in [0.2, 0.25) is 0 Å². The molecule has 0 saturated carbocycles. The number of nitrogens with zero attached hydrogens (tertiary/aromatic N) is 1. The Hall–Kier alpha value is -2.09. The second kappa shape index (κ2) is 10.3. The second-order valence-electron chi connectivity index (χ2n) is 7.52. The molecule has 6 nitrogen and oxygen atoms in total. The number of likely N-dealkylation sites (N-methyl/N-ethyl adjacent to an activating group) is 1. The van der Waals surface area contributed by atoms with Gasteiger partial charge in [0.05, 0.1) is 15.5 Å². The zero-order chi connectivity index (χ0) is 22.5. The van der Waals surface area contributed by atoms with Crippen molar-refractivity contribution < 1.29 is 13.2 Å². The third-order valence-electron chi connectivity index (χ3n) is 5.07. The lowest BCUT2D eigenvalue weighted by molar-refractivity contribution is 0.0946. The van der Waals surface area contributed by atoms with Gasteiger partial charge in [0.1, 0.15) is 0 Å². The normalized spacial score (nSPS) is 11.7. The molecule has 1 amide bonds. The molecule has 0 aliphatic carbocycles. The first-order valence-electron chi connectivity index (χ1n) is 9.97. The summed E-state index contributed by atoms with van der Waals surface area (Å²) in [4.78, 5) is 14.8. The van der Waals surface area contributed by atoms with Crippen molar-refractivity contribution >= 4 is 33.2 Å². The van der Waals surface area contributed by atoms with Crippen molar-refractivity contribution in [2.45, 2.75) is 45.6 Å². The van der Waals surface area contributed by atoms with Gasteiger partial charge in [0.25, 0.3) is 15.9 Å². The van der Waals surface area contributed by atoms with E-state index in [2.05, 4.69) is 35.7 Å². The average Bonchev–Trinajstić information content (AvgIpc) is 2.67. The summed E-state index contributed by atoms with van der Waals surface area (Å²) in [5.74, 6) is -0.400. The number of rotatable bonds is 9. The average molecular weight is 452 g/mol. The molecule has 0 radical (unpaired) electrons. The van der Waals surface area contributed by atoms with E-state index in [1.54, 1.807) is 12.1 Å². The third kappa shape index (κ3) is 6.20. The molecule has 0 saturated heterocycles. The van der Waals surface area contributed by atoms with Crippen LogP contribution in [-0.4, -0.2) is 44.9 Å². The van der Waals surface area contributed by atoms with E-state index in [4.69, 9.17) is 11.6 Å². The lowest BCUT2D eigenvalue weighted by Gasteiger charge is -2.24. The standard InChI is InChI=1S/C22H30ClN3O3S/c1-6-26(15(2)3)12-11-24-22(27)20-14-19(9-10-21(20)23)30(28,29)25-18-8-7-16(4)17(5)13-18/h7-10,13-15,25H,6,11-12H2,1-5H3,(H,24,27). The van der Waals surface area contributed by atoms with Gasteiger partial charge in [-0.05, 0) is 75.7 Å². The molecule has 0 fully saturated rings. The number of carbonyl (C=O) groups is 1. The Bertz CT molecular complexity index is 1010. The molecule has 2 N–H and O–H groups in total. The van der Waals surface area contributed by atoms with Crippen molar-refractivity contribution in [1.29, 1.82) is 0 Å². The van der Waals surface area contributed by atoms with Crippen molar-refractivity contribution in [2.75, 3.05) is 24.4 Å². The SMILES string of the molecule is CCN(CCNC(=O)c1cc(S(=O)(=O)Nc2ccc(C)c(C)c2)ccc1Cl)C(C)C. The Morgan fingerprint density at radius 2 is 1.80 bits per heavy atom. The van der Waals surface area contributed by atoms with Crippen molar-refractivity contribution in [2.24, 2.45) is 0 Å². The summed E-state index contributed by atoms with van der Waals surface area (Å²) >= 11 is 6.17. The van der Waals surface area contributed by atoms with E-state index in [0.717, 1.165) is 17.7 Å². The Kier molecular flexibility index (Phi) is 8.29. The van der Waals surface area contributed by atoms with Gasteiger partial charge >= 0.3 is 0 Å². The van der Waals surface area contributed by atoms with E-state index in [0.29, 0.717) is 24.8 Å². The monoisotopic (exact) mass is 451 g/mol. The minimum absolute atomic E-state index is 0.0207. The van der Waals surface area contributed by atoms with E-state index in [9.17, 15) is 13.2 Å². The van der Waals surface area contributed by atoms with Crippen molar-refractivity contribution in [1.82, 2.24) is 10.2 Å². The highest BCUT2D eigenvalue weighted by Crippen LogP contribution is 2.23. The largest absolute Gasteiger partial charge is 0.351 e. The number of hydrogen-bond acceptors (Lipinski definition) is 4. The molecule has 8 heteroatoms. The second-order valence-corrected chi connectivity index (χ2v) is 9.61. The van der Waals surface area contributed by atoms with Gasteiger partial charge in [-0.15, -0.1) is 0 Å². The molecule has 0 unspecified atom stereocenters. The maximum atomic E-state index is 12.8. The van der Waals surface area contributed by atoms with Crippen LogP contribution in [-0.2, 0) is 10.0 Å². The minimum atomic E-state index is -3.86. The fourth-order valence-corrected chi connectivity index (χ4v) is 4.33. The lowest BCUT2D eigenvalue weighted by Crippen LogP contribution is -2.38. The maximum absolute atomic E-state index is 12.8. The number of hydrogen-bond donors (Lipinski definition) is 2. The molecule has 0 aliphatic heterocycles. The number of amides is 1. The van der Waals surface area contributed by atoms with Crippen LogP contribution in [0.25, 0.3) is 0 Å². The van der Waals surface area contributed by atoms with E-state index in [1.807, 2.05) is 19.9 Å². The molecule has 0 bridgehead atoms. The molecule has 0 aliphatic rings. The molecule has 0 aromatic heterocycles. The number of aryl methyl sites for hydroxylation is 2. The topological polar surface area (TPSA) is 78.5 Å². The molecule has 0 spiro atoms. The van der Waals surface area contributed by atoms with Gasteiger partial charge in [-0.25, -0.2) is 8.42 Å². The number of halogens is 1. The predicted octanol–water partition coefficient (Wildman–Crippen LogP) is 4.22. The summed E-state index contributed by atoms with van der Waals surface area (Å²) < 4.78 is 28.2. The molecule has 2 aromatic carbocycles. The highest BCUT2D eigenvalue weighted by atomic mass is 35.5. The Morgan fingerprint density at radius 1 is 1.10 bits per heavy atom. The highest BCUT2D eigenvalue weighted by Gasteiger charge is 2.19. The molecular formula is C22H30ClN3O3S. The van der Waals surface area contributed by atoms with Crippen molar-refractivity contribution in [3.63, 3.8) is 0 Å². The van der Waals surface area contributed by atoms with Crippen LogP contribution in [0.1, 0.15) is 42.3 Å². The summed E-state index contributed by atoms with van der Waals surface area (Å²) in [6.07, 6.45) is 0. The number of sulfonamides is 1. The number of benzene rings is 2. The van der Waals surface area contributed by atoms with Gasteiger partial charge in [-0.3, -0.25) is 14.4 Å². The molecular weight excluding hydrogens is 422 g/mol. The maximum Gasteiger partial charge on any atom is 0.261 e.